The van der Waals surface area contributed by atoms with Gasteiger partial charge in [0.2, 0.25) is 5.91 Å². The summed E-state index contributed by atoms with van der Waals surface area (Å²) in [6.07, 6.45) is -0.726. The lowest BCUT2D eigenvalue weighted by molar-refractivity contribution is -0.146. The maximum Gasteiger partial charge on any atom is 0.408 e. The molecule has 0 aliphatic carbocycles. The number of aliphatic carboxylic acids is 1. The van der Waals surface area contributed by atoms with Crippen LogP contribution in [0.2, 0.25) is 0 Å². The minimum Gasteiger partial charge on any atom is -0.480 e. The van der Waals surface area contributed by atoms with E-state index in [1.54, 1.807) is 13.8 Å². The van der Waals surface area contributed by atoms with Crippen molar-refractivity contribution in [1.29, 1.82) is 0 Å². The van der Waals surface area contributed by atoms with Crippen LogP contribution in [0.5, 0.6) is 0 Å². The Labute approximate surface area is 170 Å². The number of nitrogens with one attached hydrogen (secondary N) is 1. The molecular weight excluding hydrogens is 372 g/mol. The zero-order valence-corrected chi connectivity index (χ0v) is 16.6. The molecule has 2 rings (SSSR count). The minimum atomic E-state index is -1.12. The second-order valence-electron chi connectivity index (χ2n) is 7.00. The molecular formula is C22H26N2O5. The highest BCUT2D eigenvalue weighted by Crippen LogP contribution is 2.12. The molecule has 29 heavy (non-hydrogen) atoms. The van der Waals surface area contributed by atoms with Crippen LogP contribution in [-0.4, -0.2) is 40.6 Å². The molecule has 0 heterocycles. The summed E-state index contributed by atoms with van der Waals surface area (Å²) in [7, 11) is 0. The molecule has 2 amide bonds. The summed E-state index contributed by atoms with van der Waals surface area (Å²) in [6.45, 7) is 3.31. The highest BCUT2D eigenvalue weighted by molar-refractivity contribution is 5.88. The second kappa shape index (κ2) is 10.8. The minimum absolute atomic E-state index is 0.0779. The van der Waals surface area contributed by atoms with Gasteiger partial charge in [-0.2, -0.15) is 0 Å². The molecule has 2 N–H and O–H groups in total. The Morgan fingerprint density at radius 2 is 1.52 bits per heavy atom. The average molecular weight is 398 g/mol. The van der Waals surface area contributed by atoms with Gasteiger partial charge in [-0.25, -0.2) is 4.79 Å². The molecule has 0 fully saturated rings. The molecule has 0 bridgehead atoms. The number of carbonyl (C=O) groups excluding carboxylic acids is 2. The summed E-state index contributed by atoms with van der Waals surface area (Å²) in [6, 6.07) is 17.4. The number of nitrogens with zero attached hydrogens (tertiary/aromatic N) is 1. The van der Waals surface area contributed by atoms with Gasteiger partial charge in [0, 0.05) is 6.54 Å². The first-order valence-corrected chi connectivity index (χ1v) is 9.38. The summed E-state index contributed by atoms with van der Waals surface area (Å²) >= 11 is 0. The van der Waals surface area contributed by atoms with E-state index in [4.69, 9.17) is 4.74 Å². The molecule has 0 aromatic heterocycles. The molecule has 154 valence electrons. The molecule has 7 nitrogen and oxygen atoms in total. The van der Waals surface area contributed by atoms with Crippen LogP contribution < -0.4 is 5.32 Å². The molecule has 0 unspecified atom stereocenters. The summed E-state index contributed by atoms with van der Waals surface area (Å²) in [4.78, 5) is 37.7. The summed E-state index contributed by atoms with van der Waals surface area (Å²) in [5.74, 6) is -1.84. The summed E-state index contributed by atoms with van der Waals surface area (Å²) < 4.78 is 5.20. The second-order valence-corrected chi connectivity index (χ2v) is 7.00. The molecule has 2 aromatic carbocycles. The van der Waals surface area contributed by atoms with Crippen LogP contribution in [0, 0.1) is 5.92 Å². The van der Waals surface area contributed by atoms with Gasteiger partial charge in [-0.15, -0.1) is 0 Å². The Morgan fingerprint density at radius 3 is 2.03 bits per heavy atom. The Balaban J connectivity index is 2.05. The Bertz CT molecular complexity index is 808. The zero-order valence-electron chi connectivity index (χ0n) is 16.6. The van der Waals surface area contributed by atoms with E-state index < -0.39 is 30.6 Å². The van der Waals surface area contributed by atoms with E-state index in [9.17, 15) is 19.5 Å². The van der Waals surface area contributed by atoms with Crippen molar-refractivity contribution in [1.82, 2.24) is 10.2 Å². The lowest BCUT2D eigenvalue weighted by Gasteiger charge is -2.28. The number of carboxylic acid groups (broad SMARTS) is 1. The first-order valence-electron chi connectivity index (χ1n) is 9.38. The number of hydrogen-bond acceptors (Lipinski definition) is 4. The van der Waals surface area contributed by atoms with Gasteiger partial charge in [0.15, 0.2) is 0 Å². The molecule has 0 saturated carbocycles. The predicted molar refractivity (Wildman–Crippen MR) is 108 cm³/mol. The van der Waals surface area contributed by atoms with Crippen LogP contribution in [0.25, 0.3) is 0 Å². The van der Waals surface area contributed by atoms with Crippen molar-refractivity contribution in [3.63, 3.8) is 0 Å². The van der Waals surface area contributed by atoms with Crippen molar-refractivity contribution in [2.45, 2.75) is 33.0 Å². The van der Waals surface area contributed by atoms with E-state index in [1.165, 1.54) is 4.90 Å². The van der Waals surface area contributed by atoms with Gasteiger partial charge >= 0.3 is 12.1 Å². The first kappa shape index (κ1) is 21.9. The number of ether oxygens (including phenoxy) is 1. The fourth-order valence-electron chi connectivity index (χ4n) is 2.78. The highest BCUT2D eigenvalue weighted by atomic mass is 16.5. The standard InChI is InChI=1S/C22H26N2O5/c1-16(2)20(23-22(28)29-15-18-11-7-4-8-12-18)21(27)24(14-19(25)26)13-17-9-5-3-6-10-17/h3-12,16,20H,13-15H2,1-2H3,(H,23,28)(H,25,26)/t20-/m0/s1. The number of amides is 2. The van der Waals surface area contributed by atoms with E-state index >= 15 is 0 Å². The molecule has 0 saturated heterocycles. The number of benzene rings is 2. The molecule has 2 aromatic rings. The van der Waals surface area contributed by atoms with Crippen LogP contribution in [0.4, 0.5) is 4.79 Å². The smallest absolute Gasteiger partial charge is 0.408 e. The van der Waals surface area contributed by atoms with E-state index in [0.29, 0.717) is 0 Å². The van der Waals surface area contributed by atoms with Crippen molar-refractivity contribution in [2.24, 2.45) is 5.92 Å². The Kier molecular flexibility index (Phi) is 8.21. The quantitative estimate of drug-likeness (QED) is 0.677. The third-order valence-electron chi connectivity index (χ3n) is 4.27. The average Bonchev–Trinajstić information content (AvgIpc) is 2.70. The van der Waals surface area contributed by atoms with Gasteiger partial charge in [0.25, 0.3) is 0 Å². The number of hydrogen-bond donors (Lipinski definition) is 2. The van der Waals surface area contributed by atoms with Crippen LogP contribution in [0.3, 0.4) is 0 Å². The SMILES string of the molecule is CC(C)[C@H](NC(=O)OCc1ccccc1)C(=O)N(CC(=O)O)Cc1ccccc1. The maximum absolute atomic E-state index is 13.0. The van der Waals surface area contributed by atoms with Gasteiger partial charge in [-0.05, 0) is 17.0 Å². The molecule has 0 aliphatic rings. The van der Waals surface area contributed by atoms with Gasteiger partial charge in [0.05, 0.1) is 0 Å². The van der Waals surface area contributed by atoms with Crippen LogP contribution >= 0.6 is 0 Å². The third-order valence-corrected chi connectivity index (χ3v) is 4.27. The fraction of sp³-hybridized carbons (Fsp3) is 0.318. The van der Waals surface area contributed by atoms with E-state index in [1.807, 2.05) is 60.7 Å². The van der Waals surface area contributed by atoms with Crippen LogP contribution in [0.15, 0.2) is 60.7 Å². The van der Waals surface area contributed by atoms with Crippen LogP contribution in [0.1, 0.15) is 25.0 Å². The number of carbonyl (C=O) groups is 3. The lowest BCUT2D eigenvalue weighted by atomic mass is 10.0. The molecule has 0 aliphatic heterocycles. The predicted octanol–water partition coefficient (Wildman–Crippen LogP) is 3.05. The topological polar surface area (TPSA) is 95.9 Å². The largest absolute Gasteiger partial charge is 0.480 e. The molecule has 7 heteroatoms. The highest BCUT2D eigenvalue weighted by Gasteiger charge is 2.30. The number of rotatable bonds is 9. The molecule has 1 atom stereocenters. The van der Waals surface area contributed by atoms with Crippen molar-refractivity contribution < 1.29 is 24.2 Å². The van der Waals surface area contributed by atoms with Gasteiger partial charge < -0.3 is 20.1 Å². The van der Waals surface area contributed by atoms with E-state index in [-0.39, 0.29) is 19.1 Å². The monoisotopic (exact) mass is 398 g/mol. The zero-order chi connectivity index (χ0) is 21.2. The fourth-order valence-corrected chi connectivity index (χ4v) is 2.78. The first-order chi connectivity index (χ1) is 13.9. The van der Waals surface area contributed by atoms with Crippen molar-refractivity contribution in [2.75, 3.05) is 6.54 Å². The normalized spacial score (nSPS) is 11.6. The summed E-state index contributed by atoms with van der Waals surface area (Å²) in [5.41, 5.74) is 1.63. The van der Waals surface area contributed by atoms with Gasteiger partial charge in [-0.3, -0.25) is 9.59 Å². The summed E-state index contributed by atoms with van der Waals surface area (Å²) in [5, 5.41) is 11.8. The lowest BCUT2D eigenvalue weighted by Crippen LogP contribution is -2.52. The van der Waals surface area contributed by atoms with Crippen LogP contribution in [-0.2, 0) is 27.5 Å². The van der Waals surface area contributed by atoms with Crippen molar-refractivity contribution in [3.05, 3.63) is 71.8 Å². The Morgan fingerprint density at radius 1 is 0.966 bits per heavy atom. The van der Waals surface area contributed by atoms with E-state index in [2.05, 4.69) is 5.32 Å². The molecule has 0 radical (unpaired) electrons. The molecule has 0 spiro atoms. The van der Waals surface area contributed by atoms with Gasteiger partial charge in [-0.1, -0.05) is 74.5 Å². The third kappa shape index (κ3) is 7.29. The van der Waals surface area contributed by atoms with Gasteiger partial charge in [0.1, 0.15) is 19.2 Å². The number of carboxylic acids is 1. The maximum atomic E-state index is 13.0. The Hall–Kier alpha value is -3.35. The van der Waals surface area contributed by atoms with E-state index in [0.717, 1.165) is 11.1 Å². The van der Waals surface area contributed by atoms with Crippen molar-refractivity contribution in [3.8, 4) is 0 Å². The number of alkyl carbamates (subject to hydrolysis) is 1. The van der Waals surface area contributed by atoms with Crippen molar-refractivity contribution >= 4 is 18.0 Å².